The number of carboxylic acids is 1. The van der Waals surface area contributed by atoms with Crippen molar-refractivity contribution < 1.29 is 19.8 Å². The maximum atomic E-state index is 13.0. The van der Waals surface area contributed by atoms with Crippen molar-refractivity contribution in [3.8, 4) is 0 Å². The zero-order valence-corrected chi connectivity index (χ0v) is 15.8. The van der Waals surface area contributed by atoms with Crippen LogP contribution in [0.5, 0.6) is 0 Å². The average molecular weight is 405 g/mol. The van der Waals surface area contributed by atoms with E-state index in [1.165, 1.54) is 16.2 Å². The number of carbonyl (C=O) groups is 2. The highest BCUT2D eigenvalue weighted by molar-refractivity contribution is 7.17. The summed E-state index contributed by atoms with van der Waals surface area (Å²) in [6.07, 6.45) is 1.14. The summed E-state index contributed by atoms with van der Waals surface area (Å²) in [5, 5.41) is 22.8. The van der Waals surface area contributed by atoms with Gasteiger partial charge in [0.2, 0.25) is 0 Å². The number of aromatic nitrogens is 2. The van der Waals surface area contributed by atoms with E-state index in [1.54, 1.807) is 24.5 Å². The second-order valence-corrected chi connectivity index (χ2v) is 7.72. The summed E-state index contributed by atoms with van der Waals surface area (Å²) in [5.74, 6) is -2.22. The number of aromatic amines is 1. The molecule has 4 aromatic rings. The Kier molecular flexibility index (Phi) is 3.88. The average Bonchev–Trinajstić information content (AvgIpc) is 3.40. The highest BCUT2D eigenvalue weighted by atomic mass is 32.1. The van der Waals surface area contributed by atoms with Crippen molar-refractivity contribution in [2.24, 2.45) is 0 Å². The molecule has 5 rings (SSSR count). The van der Waals surface area contributed by atoms with Crippen molar-refractivity contribution in [1.82, 2.24) is 9.97 Å². The van der Waals surface area contributed by atoms with Crippen molar-refractivity contribution in [1.29, 1.82) is 0 Å². The molecule has 1 aliphatic heterocycles. The Balaban J connectivity index is 1.72. The predicted molar refractivity (Wildman–Crippen MR) is 110 cm³/mol. The number of hydrogen-bond donors (Lipinski definition) is 3. The van der Waals surface area contributed by atoms with E-state index in [1.807, 2.05) is 29.6 Å². The van der Waals surface area contributed by atoms with Gasteiger partial charge in [-0.15, -0.1) is 11.3 Å². The van der Waals surface area contributed by atoms with Crippen molar-refractivity contribution >= 4 is 50.0 Å². The Morgan fingerprint density at radius 1 is 1.24 bits per heavy atom. The first kappa shape index (κ1) is 17.4. The molecule has 8 heteroatoms. The topological polar surface area (TPSA) is 107 Å². The third kappa shape index (κ3) is 2.68. The quantitative estimate of drug-likeness (QED) is 0.473. The third-order valence-electron chi connectivity index (χ3n) is 5.14. The summed E-state index contributed by atoms with van der Waals surface area (Å²) >= 11 is 1.52. The predicted octanol–water partition coefficient (Wildman–Crippen LogP) is 4.15. The van der Waals surface area contributed by atoms with E-state index in [0.29, 0.717) is 11.2 Å². The van der Waals surface area contributed by atoms with Crippen LogP contribution in [0.25, 0.3) is 21.1 Å². The van der Waals surface area contributed by atoms with Gasteiger partial charge in [0, 0.05) is 16.0 Å². The van der Waals surface area contributed by atoms with Crippen LogP contribution in [0.4, 0.5) is 5.69 Å². The van der Waals surface area contributed by atoms with Gasteiger partial charge in [-0.25, -0.2) is 4.98 Å². The van der Waals surface area contributed by atoms with Crippen molar-refractivity contribution in [2.45, 2.75) is 12.5 Å². The number of thiophene rings is 1. The van der Waals surface area contributed by atoms with E-state index in [2.05, 4.69) is 9.97 Å². The van der Waals surface area contributed by atoms with E-state index >= 15 is 0 Å². The number of aliphatic carboxylic acids is 1. The number of rotatable bonds is 4. The molecule has 1 amide bonds. The van der Waals surface area contributed by atoms with Crippen molar-refractivity contribution in [3.63, 3.8) is 0 Å². The molecule has 0 spiro atoms. The number of carboxylic acid groups (broad SMARTS) is 1. The lowest BCUT2D eigenvalue weighted by atomic mass is 9.96. The first-order chi connectivity index (χ1) is 14.0. The maximum absolute atomic E-state index is 13.0. The summed E-state index contributed by atoms with van der Waals surface area (Å²) < 4.78 is 1.03. The number of benzene rings is 2. The molecule has 2 aromatic carbocycles. The molecule has 1 aliphatic rings. The Hall–Kier alpha value is -3.65. The van der Waals surface area contributed by atoms with Crippen LogP contribution in [0.15, 0.2) is 65.5 Å². The Labute approximate surface area is 168 Å². The first-order valence-corrected chi connectivity index (χ1v) is 9.79. The zero-order valence-electron chi connectivity index (χ0n) is 15.0. The molecule has 3 heterocycles. The minimum atomic E-state index is -1.10. The molecule has 0 radical (unpaired) electrons. The number of nitrogens with zero attached hydrogens (tertiary/aromatic N) is 2. The van der Waals surface area contributed by atoms with Gasteiger partial charge in [0.1, 0.15) is 0 Å². The Morgan fingerprint density at radius 2 is 2.07 bits per heavy atom. The number of amides is 1. The Morgan fingerprint density at radius 3 is 2.90 bits per heavy atom. The van der Waals surface area contributed by atoms with E-state index in [0.717, 1.165) is 21.2 Å². The van der Waals surface area contributed by atoms with Crippen LogP contribution in [0.1, 0.15) is 18.0 Å². The molecule has 0 aliphatic carbocycles. The van der Waals surface area contributed by atoms with Crippen LogP contribution in [-0.4, -0.2) is 32.1 Å². The summed E-state index contributed by atoms with van der Waals surface area (Å²) in [5.41, 5.74) is 3.02. The molecule has 0 bridgehead atoms. The smallest absolute Gasteiger partial charge is 0.307 e. The van der Waals surface area contributed by atoms with E-state index in [4.69, 9.17) is 0 Å². The summed E-state index contributed by atoms with van der Waals surface area (Å²) in [6.45, 7) is 0. The van der Waals surface area contributed by atoms with Crippen LogP contribution < -0.4 is 4.90 Å². The number of aliphatic hydroxyl groups excluding tert-OH is 1. The second-order valence-electron chi connectivity index (χ2n) is 6.81. The number of aliphatic hydroxyl groups is 1. The third-order valence-corrected chi connectivity index (χ3v) is 6.13. The van der Waals surface area contributed by atoms with Gasteiger partial charge in [0.05, 0.1) is 29.8 Å². The number of hydrogen-bond acceptors (Lipinski definition) is 5. The number of imidazole rings is 1. The number of H-pyrrole nitrogens is 1. The molecule has 0 saturated carbocycles. The molecule has 1 unspecified atom stereocenters. The molecular formula is C21H15N3O4S. The number of anilines is 1. The van der Waals surface area contributed by atoms with Gasteiger partial charge in [-0.3, -0.25) is 14.5 Å². The van der Waals surface area contributed by atoms with E-state index in [9.17, 15) is 19.8 Å². The fourth-order valence-corrected chi connectivity index (χ4v) is 4.85. The maximum Gasteiger partial charge on any atom is 0.307 e. The number of fused-ring (bicyclic) bond motifs is 2. The summed E-state index contributed by atoms with van der Waals surface area (Å²) in [7, 11) is 0. The fourth-order valence-electron chi connectivity index (χ4n) is 3.87. The molecule has 0 saturated heterocycles. The second kappa shape index (κ2) is 6.46. The van der Waals surface area contributed by atoms with Crippen LogP contribution >= 0.6 is 11.3 Å². The van der Waals surface area contributed by atoms with E-state index < -0.39 is 30.1 Å². The van der Waals surface area contributed by atoms with Crippen LogP contribution in [0.3, 0.4) is 0 Å². The van der Waals surface area contributed by atoms with Crippen LogP contribution in [0, 0.1) is 0 Å². The molecule has 1 atom stereocenters. The molecular weight excluding hydrogens is 390 g/mol. The molecule has 144 valence electrons. The lowest BCUT2D eigenvalue weighted by molar-refractivity contribution is -0.136. The van der Waals surface area contributed by atoms with Gasteiger partial charge < -0.3 is 15.2 Å². The monoisotopic (exact) mass is 405 g/mol. The van der Waals surface area contributed by atoms with Gasteiger partial charge in [0.25, 0.3) is 5.91 Å². The van der Waals surface area contributed by atoms with Gasteiger partial charge >= 0.3 is 5.97 Å². The van der Waals surface area contributed by atoms with Gasteiger partial charge in [-0.1, -0.05) is 18.2 Å². The number of nitrogens with one attached hydrogen (secondary N) is 1. The van der Waals surface area contributed by atoms with Crippen molar-refractivity contribution in [3.05, 3.63) is 71.1 Å². The van der Waals surface area contributed by atoms with Gasteiger partial charge in [-0.2, -0.15) is 0 Å². The van der Waals surface area contributed by atoms with Gasteiger partial charge in [-0.05, 0) is 40.6 Å². The van der Waals surface area contributed by atoms with E-state index in [-0.39, 0.29) is 5.57 Å². The standard InChI is InChI=1S/C21H15N3O4S/c25-18(26)8-13-19(14-9-29-17-4-2-1-3-12(14)17)24(21(28)20(13)27)11-5-6-15-16(7-11)23-10-22-15/h1-7,9-10,19,27H,8H2,(H,22,23)(H,25,26). The summed E-state index contributed by atoms with van der Waals surface area (Å²) in [6, 6.07) is 12.4. The number of carbonyl (C=O) groups excluding carboxylic acids is 1. The molecule has 0 fully saturated rings. The molecule has 2 aromatic heterocycles. The lowest BCUT2D eigenvalue weighted by Crippen LogP contribution is -2.30. The van der Waals surface area contributed by atoms with Crippen LogP contribution in [-0.2, 0) is 9.59 Å². The Bertz CT molecular complexity index is 1320. The van der Waals surface area contributed by atoms with Crippen LogP contribution in [0.2, 0.25) is 0 Å². The first-order valence-electron chi connectivity index (χ1n) is 8.91. The largest absolute Gasteiger partial charge is 0.503 e. The lowest BCUT2D eigenvalue weighted by Gasteiger charge is -2.26. The molecule has 3 N–H and O–H groups in total. The highest BCUT2D eigenvalue weighted by Crippen LogP contribution is 2.45. The SMILES string of the molecule is O=C(O)CC1=C(O)C(=O)N(c2ccc3[nH]cnc3c2)C1c1csc2ccccc12. The highest BCUT2D eigenvalue weighted by Gasteiger charge is 2.43. The zero-order chi connectivity index (χ0) is 20.1. The molecule has 7 nitrogen and oxygen atoms in total. The fraction of sp³-hybridized carbons (Fsp3) is 0.0952. The minimum absolute atomic E-state index is 0.188. The summed E-state index contributed by atoms with van der Waals surface area (Å²) in [4.78, 5) is 33.2. The van der Waals surface area contributed by atoms with Crippen molar-refractivity contribution in [2.75, 3.05) is 4.90 Å². The van der Waals surface area contributed by atoms with Gasteiger partial charge in [0.15, 0.2) is 5.76 Å². The normalized spacial score (nSPS) is 17.0. The molecule has 29 heavy (non-hydrogen) atoms. The minimum Gasteiger partial charge on any atom is -0.503 e.